The molecular formula is C9H15N2+. The van der Waals surface area contributed by atoms with E-state index in [9.17, 15) is 0 Å². The van der Waals surface area contributed by atoms with Gasteiger partial charge < -0.3 is 0 Å². The highest BCUT2D eigenvalue weighted by molar-refractivity contribution is 5.02. The fourth-order valence-electron chi connectivity index (χ4n) is 1.29. The van der Waals surface area contributed by atoms with Crippen LogP contribution in [0.15, 0.2) is 12.7 Å². The van der Waals surface area contributed by atoms with Gasteiger partial charge in [-0.3, -0.25) is 0 Å². The van der Waals surface area contributed by atoms with Gasteiger partial charge in [0.25, 0.3) is 5.82 Å². The molecule has 0 bridgehead atoms. The van der Waals surface area contributed by atoms with Gasteiger partial charge in [-0.25, -0.2) is 9.55 Å². The summed E-state index contributed by atoms with van der Waals surface area (Å²) in [6.07, 6.45) is 1.91. The van der Waals surface area contributed by atoms with Crippen LogP contribution in [0.5, 0.6) is 0 Å². The third-order valence-corrected chi connectivity index (χ3v) is 2.03. The maximum absolute atomic E-state index is 3.71. The van der Waals surface area contributed by atoms with Crippen molar-refractivity contribution in [3.8, 4) is 0 Å². The van der Waals surface area contributed by atoms with Crippen molar-refractivity contribution in [3.05, 3.63) is 29.9 Å². The lowest BCUT2D eigenvalue weighted by atomic mass is 10.4. The average Bonchev–Trinajstić information content (AvgIpc) is 2.17. The summed E-state index contributed by atoms with van der Waals surface area (Å²) < 4.78 is 2.21. The second kappa shape index (κ2) is 2.91. The van der Waals surface area contributed by atoms with Crippen molar-refractivity contribution in [1.82, 2.24) is 4.98 Å². The fourth-order valence-corrected chi connectivity index (χ4v) is 1.29. The van der Waals surface area contributed by atoms with Crippen molar-refractivity contribution >= 4 is 0 Å². The second-order valence-electron chi connectivity index (χ2n) is 2.82. The van der Waals surface area contributed by atoms with Gasteiger partial charge in [-0.05, 0) is 0 Å². The van der Waals surface area contributed by atoms with Crippen LogP contribution in [0, 0.1) is 20.8 Å². The monoisotopic (exact) mass is 151 g/mol. The molecule has 0 saturated heterocycles. The standard InChI is InChI=1S/C9H14N2/c1-5-6-11-8(3)7(2)10-9(11)4/h5H,1,6H2,2-4H3/p+1. The van der Waals surface area contributed by atoms with Gasteiger partial charge in [-0.15, -0.1) is 0 Å². The number of aryl methyl sites for hydroxylation is 2. The molecule has 0 unspecified atom stereocenters. The number of aromatic amines is 1. The molecule has 0 aliphatic rings. The lowest BCUT2D eigenvalue weighted by Crippen LogP contribution is -2.36. The summed E-state index contributed by atoms with van der Waals surface area (Å²) in [5.41, 5.74) is 2.53. The Balaban J connectivity index is 3.11. The van der Waals surface area contributed by atoms with Gasteiger partial charge in [0.15, 0.2) is 0 Å². The van der Waals surface area contributed by atoms with Gasteiger partial charge in [-0.2, -0.15) is 0 Å². The Kier molecular flexibility index (Phi) is 2.13. The summed E-state index contributed by atoms with van der Waals surface area (Å²) in [6.45, 7) is 10.9. The third kappa shape index (κ3) is 1.34. The zero-order valence-corrected chi connectivity index (χ0v) is 7.44. The largest absolute Gasteiger partial charge is 0.251 e. The van der Waals surface area contributed by atoms with E-state index in [0.717, 1.165) is 6.54 Å². The highest BCUT2D eigenvalue weighted by Crippen LogP contribution is 1.99. The number of H-pyrrole nitrogens is 1. The van der Waals surface area contributed by atoms with Crippen LogP contribution in [0.3, 0.4) is 0 Å². The summed E-state index contributed by atoms with van der Waals surface area (Å²) in [5, 5.41) is 0. The van der Waals surface area contributed by atoms with Crippen LogP contribution >= 0.6 is 0 Å². The Morgan fingerprint density at radius 1 is 1.45 bits per heavy atom. The van der Waals surface area contributed by atoms with Gasteiger partial charge in [-0.1, -0.05) is 12.7 Å². The Morgan fingerprint density at radius 3 is 2.45 bits per heavy atom. The molecular weight excluding hydrogens is 136 g/mol. The minimum Gasteiger partial charge on any atom is -0.245 e. The summed E-state index contributed by atoms with van der Waals surface area (Å²) in [4.78, 5) is 3.28. The molecule has 0 saturated carbocycles. The number of nitrogens with zero attached hydrogens (tertiary/aromatic N) is 1. The van der Waals surface area contributed by atoms with E-state index in [-0.39, 0.29) is 0 Å². The van der Waals surface area contributed by atoms with Gasteiger partial charge in [0, 0.05) is 20.8 Å². The minimum atomic E-state index is 0.891. The van der Waals surface area contributed by atoms with E-state index in [1.165, 1.54) is 17.2 Å². The van der Waals surface area contributed by atoms with Crippen LogP contribution in [0.4, 0.5) is 0 Å². The van der Waals surface area contributed by atoms with Gasteiger partial charge in [0.2, 0.25) is 0 Å². The smallest absolute Gasteiger partial charge is 0.245 e. The molecule has 60 valence electrons. The number of aromatic nitrogens is 2. The number of allylic oxidation sites excluding steroid dienone is 1. The lowest BCUT2D eigenvalue weighted by molar-refractivity contribution is -0.697. The third-order valence-electron chi connectivity index (χ3n) is 2.03. The van der Waals surface area contributed by atoms with E-state index < -0.39 is 0 Å². The molecule has 0 aliphatic carbocycles. The SMILES string of the molecule is C=CC[n+]1c(C)[nH]c(C)c1C. The topological polar surface area (TPSA) is 19.7 Å². The van der Waals surface area contributed by atoms with Crippen LogP contribution in [-0.2, 0) is 6.54 Å². The van der Waals surface area contributed by atoms with E-state index >= 15 is 0 Å². The Hall–Kier alpha value is -1.05. The predicted molar refractivity (Wildman–Crippen MR) is 45.4 cm³/mol. The number of hydrogen-bond acceptors (Lipinski definition) is 0. The zero-order valence-electron chi connectivity index (χ0n) is 7.44. The van der Waals surface area contributed by atoms with Gasteiger partial charge >= 0.3 is 0 Å². The minimum absolute atomic E-state index is 0.891. The van der Waals surface area contributed by atoms with Crippen molar-refractivity contribution in [3.63, 3.8) is 0 Å². The zero-order chi connectivity index (χ0) is 8.43. The highest BCUT2D eigenvalue weighted by atomic mass is 15.1. The molecule has 0 spiro atoms. The molecule has 1 aromatic rings. The molecule has 1 N–H and O–H groups in total. The molecule has 0 aromatic carbocycles. The van der Waals surface area contributed by atoms with E-state index in [2.05, 4.69) is 36.9 Å². The highest BCUT2D eigenvalue weighted by Gasteiger charge is 2.12. The molecule has 1 aromatic heterocycles. The van der Waals surface area contributed by atoms with Crippen LogP contribution in [0.1, 0.15) is 17.2 Å². The summed E-state index contributed by atoms with van der Waals surface area (Å²) >= 11 is 0. The number of imidazole rings is 1. The van der Waals surface area contributed by atoms with Crippen molar-refractivity contribution in [2.75, 3.05) is 0 Å². The molecule has 0 aliphatic heterocycles. The van der Waals surface area contributed by atoms with Crippen molar-refractivity contribution in [2.24, 2.45) is 0 Å². The molecule has 11 heavy (non-hydrogen) atoms. The average molecular weight is 151 g/mol. The summed E-state index contributed by atoms with van der Waals surface area (Å²) in [6, 6.07) is 0. The van der Waals surface area contributed by atoms with E-state index in [1.54, 1.807) is 0 Å². The Morgan fingerprint density at radius 2 is 2.09 bits per heavy atom. The number of rotatable bonds is 2. The molecule has 2 nitrogen and oxygen atoms in total. The van der Waals surface area contributed by atoms with Crippen LogP contribution in [-0.4, -0.2) is 4.98 Å². The fraction of sp³-hybridized carbons (Fsp3) is 0.444. The predicted octanol–water partition coefficient (Wildman–Crippen LogP) is 1.41. The first kappa shape index (κ1) is 8.05. The lowest BCUT2D eigenvalue weighted by Gasteiger charge is -1.93. The molecule has 1 heterocycles. The van der Waals surface area contributed by atoms with E-state index in [0.29, 0.717) is 0 Å². The normalized spacial score (nSPS) is 10.1. The molecule has 0 radical (unpaired) electrons. The molecule has 0 atom stereocenters. The molecule has 2 heteroatoms. The van der Waals surface area contributed by atoms with E-state index in [4.69, 9.17) is 0 Å². The van der Waals surface area contributed by atoms with Crippen LogP contribution < -0.4 is 4.57 Å². The molecule has 0 amide bonds. The maximum atomic E-state index is 3.71. The second-order valence-corrected chi connectivity index (χ2v) is 2.82. The Bertz CT molecular complexity index is 271. The van der Waals surface area contributed by atoms with Crippen molar-refractivity contribution < 1.29 is 4.57 Å². The van der Waals surface area contributed by atoms with E-state index in [1.807, 2.05) is 6.08 Å². The number of nitrogens with one attached hydrogen (secondary N) is 1. The van der Waals surface area contributed by atoms with Crippen molar-refractivity contribution in [1.29, 1.82) is 0 Å². The summed E-state index contributed by atoms with van der Waals surface area (Å²) in [5.74, 6) is 1.19. The van der Waals surface area contributed by atoms with Gasteiger partial charge in [0.1, 0.15) is 17.9 Å². The first-order chi connectivity index (χ1) is 5.16. The van der Waals surface area contributed by atoms with Gasteiger partial charge in [0.05, 0.1) is 0 Å². The number of hydrogen-bond donors (Lipinski definition) is 1. The Labute approximate surface area is 67.6 Å². The van der Waals surface area contributed by atoms with Crippen LogP contribution in [0.2, 0.25) is 0 Å². The first-order valence-corrected chi connectivity index (χ1v) is 3.83. The molecule has 0 fully saturated rings. The molecule has 1 rings (SSSR count). The van der Waals surface area contributed by atoms with Crippen LogP contribution in [0.25, 0.3) is 0 Å². The first-order valence-electron chi connectivity index (χ1n) is 3.83. The summed E-state index contributed by atoms with van der Waals surface area (Å²) in [7, 11) is 0. The maximum Gasteiger partial charge on any atom is 0.251 e. The quantitative estimate of drug-likeness (QED) is 0.487. The van der Waals surface area contributed by atoms with Crippen molar-refractivity contribution in [2.45, 2.75) is 27.3 Å².